The molecular formula is C21H30ClFN6O. The molecule has 0 radical (unpaired) electrons. The van der Waals surface area contributed by atoms with Gasteiger partial charge in [-0.3, -0.25) is 9.56 Å². The molecule has 1 aliphatic rings. The monoisotopic (exact) mass is 436 g/mol. The predicted octanol–water partition coefficient (Wildman–Crippen LogP) is 2.71. The normalized spacial score (nSPS) is 14.5. The molecule has 0 unspecified atom stereocenters. The second kappa shape index (κ2) is 9.64. The molecule has 0 spiro atoms. The maximum Gasteiger partial charge on any atom is 0.345 e. The number of hydrogen-bond acceptors (Lipinski definition) is 3. The van der Waals surface area contributed by atoms with Crippen LogP contribution in [0.5, 0.6) is 0 Å². The Morgan fingerprint density at radius 2 is 2.13 bits per heavy atom. The fourth-order valence-electron chi connectivity index (χ4n) is 3.69. The average Bonchev–Trinajstić information content (AvgIpc) is 3.03. The lowest BCUT2D eigenvalue weighted by molar-refractivity contribution is 0.502. The summed E-state index contributed by atoms with van der Waals surface area (Å²) < 4.78 is 16.7. The Balaban J connectivity index is 1.48. The fraction of sp³-hybridized carbons (Fsp3) is 0.571. The number of aryl methyl sites for hydroxylation is 2. The van der Waals surface area contributed by atoms with Crippen molar-refractivity contribution in [3.63, 3.8) is 0 Å². The van der Waals surface area contributed by atoms with Crippen molar-refractivity contribution in [2.75, 3.05) is 20.1 Å². The number of fused-ring (bicyclic) bond motifs is 1. The van der Waals surface area contributed by atoms with Gasteiger partial charge in [0.15, 0.2) is 5.96 Å². The third-order valence-corrected chi connectivity index (χ3v) is 5.77. The summed E-state index contributed by atoms with van der Waals surface area (Å²) in [7, 11) is 1.71. The molecule has 0 fully saturated rings. The van der Waals surface area contributed by atoms with Crippen LogP contribution in [0.4, 0.5) is 4.39 Å². The third-order valence-electron chi connectivity index (χ3n) is 5.45. The van der Waals surface area contributed by atoms with Crippen LogP contribution < -0.4 is 16.3 Å². The lowest BCUT2D eigenvalue weighted by Gasteiger charge is -2.27. The van der Waals surface area contributed by atoms with Crippen molar-refractivity contribution in [3.05, 3.63) is 50.9 Å². The van der Waals surface area contributed by atoms with E-state index in [9.17, 15) is 9.18 Å². The smallest absolute Gasteiger partial charge is 0.345 e. The minimum atomic E-state index is -0.345. The Kier molecular flexibility index (Phi) is 7.18. The van der Waals surface area contributed by atoms with Crippen LogP contribution in [-0.4, -0.2) is 40.4 Å². The minimum Gasteiger partial charge on any atom is -0.356 e. The van der Waals surface area contributed by atoms with E-state index in [-0.39, 0.29) is 16.9 Å². The van der Waals surface area contributed by atoms with Gasteiger partial charge >= 0.3 is 5.69 Å². The van der Waals surface area contributed by atoms with Gasteiger partial charge in [0.1, 0.15) is 11.6 Å². The van der Waals surface area contributed by atoms with Gasteiger partial charge in [-0.1, -0.05) is 31.5 Å². The van der Waals surface area contributed by atoms with Gasteiger partial charge in [0.25, 0.3) is 0 Å². The summed E-state index contributed by atoms with van der Waals surface area (Å²) in [6, 6.07) is 4.48. The molecule has 1 aromatic heterocycles. The largest absolute Gasteiger partial charge is 0.356 e. The SMILES string of the molecule is CN=C(NCCCn1nc2n(c1=O)CCCC2)NCC(C)(C)c1ccc(F)cc1Cl. The number of rotatable bonds is 7. The van der Waals surface area contributed by atoms with Gasteiger partial charge in [0.05, 0.1) is 0 Å². The van der Waals surface area contributed by atoms with Crippen LogP contribution in [0.3, 0.4) is 0 Å². The quantitative estimate of drug-likeness (QED) is 0.397. The molecule has 1 aliphatic heterocycles. The van der Waals surface area contributed by atoms with Crippen molar-refractivity contribution < 1.29 is 4.39 Å². The summed E-state index contributed by atoms with van der Waals surface area (Å²) in [5.74, 6) is 1.22. The highest BCUT2D eigenvalue weighted by Gasteiger charge is 2.24. The summed E-state index contributed by atoms with van der Waals surface area (Å²) in [5, 5.41) is 11.4. The molecule has 2 N–H and O–H groups in total. The van der Waals surface area contributed by atoms with Crippen molar-refractivity contribution in [1.29, 1.82) is 0 Å². The number of nitrogens with one attached hydrogen (secondary N) is 2. The third kappa shape index (κ3) is 5.22. The van der Waals surface area contributed by atoms with Crippen LogP contribution in [0.25, 0.3) is 0 Å². The van der Waals surface area contributed by atoms with Crippen molar-refractivity contribution in [2.24, 2.45) is 4.99 Å². The van der Waals surface area contributed by atoms with E-state index in [1.807, 2.05) is 13.8 Å². The number of halogens is 2. The number of aliphatic imine (C=N–C) groups is 1. The molecular weight excluding hydrogens is 407 g/mol. The van der Waals surface area contributed by atoms with Crippen molar-refractivity contribution in [2.45, 2.75) is 58.0 Å². The molecule has 0 aliphatic carbocycles. The van der Waals surface area contributed by atoms with Gasteiger partial charge < -0.3 is 10.6 Å². The van der Waals surface area contributed by atoms with Crippen molar-refractivity contribution >= 4 is 17.6 Å². The molecule has 164 valence electrons. The lowest BCUT2D eigenvalue weighted by atomic mass is 9.84. The van der Waals surface area contributed by atoms with Crippen LogP contribution in [0, 0.1) is 5.82 Å². The highest BCUT2D eigenvalue weighted by atomic mass is 35.5. The Hall–Kier alpha value is -2.35. The van der Waals surface area contributed by atoms with Gasteiger partial charge in [-0.25, -0.2) is 13.9 Å². The maximum absolute atomic E-state index is 13.3. The molecule has 1 aromatic carbocycles. The first kappa shape index (κ1) is 22.3. The minimum absolute atomic E-state index is 0.00914. The number of nitrogens with zero attached hydrogens (tertiary/aromatic N) is 4. The van der Waals surface area contributed by atoms with Gasteiger partial charge in [-0.15, -0.1) is 0 Å². The second-order valence-corrected chi connectivity index (χ2v) is 8.65. The second-order valence-electron chi connectivity index (χ2n) is 8.24. The van der Waals surface area contributed by atoms with Crippen LogP contribution in [0.2, 0.25) is 5.02 Å². The van der Waals surface area contributed by atoms with Crippen LogP contribution in [0.1, 0.15) is 44.5 Å². The summed E-state index contributed by atoms with van der Waals surface area (Å²) in [5.41, 5.74) is 0.548. The first-order valence-electron chi connectivity index (χ1n) is 10.4. The number of aromatic nitrogens is 3. The molecule has 0 saturated carbocycles. The van der Waals surface area contributed by atoms with Gasteiger partial charge in [0, 0.05) is 50.1 Å². The van der Waals surface area contributed by atoms with E-state index in [4.69, 9.17) is 11.6 Å². The zero-order valence-corrected chi connectivity index (χ0v) is 18.6. The average molecular weight is 437 g/mol. The molecule has 0 amide bonds. The van der Waals surface area contributed by atoms with Crippen molar-refractivity contribution in [1.82, 2.24) is 25.0 Å². The molecule has 2 heterocycles. The maximum atomic E-state index is 13.3. The molecule has 7 nitrogen and oxygen atoms in total. The summed E-state index contributed by atoms with van der Waals surface area (Å²) in [6.45, 7) is 6.66. The topological polar surface area (TPSA) is 76.2 Å². The number of hydrogen-bond donors (Lipinski definition) is 2. The van der Waals surface area contributed by atoms with E-state index in [0.717, 1.165) is 43.6 Å². The van der Waals surface area contributed by atoms with Crippen LogP contribution in [-0.2, 0) is 24.9 Å². The van der Waals surface area contributed by atoms with Crippen LogP contribution >= 0.6 is 11.6 Å². The Bertz CT molecular complexity index is 965. The van der Waals surface area contributed by atoms with E-state index >= 15 is 0 Å². The molecule has 0 saturated heterocycles. The molecule has 2 aromatic rings. The molecule has 0 atom stereocenters. The molecule has 0 bridgehead atoms. The van der Waals surface area contributed by atoms with Crippen molar-refractivity contribution in [3.8, 4) is 0 Å². The van der Waals surface area contributed by atoms with Gasteiger partial charge in [0.2, 0.25) is 0 Å². The Labute approximate surface area is 181 Å². The van der Waals surface area contributed by atoms with E-state index < -0.39 is 0 Å². The molecule has 9 heteroatoms. The van der Waals surface area contributed by atoms with E-state index in [0.29, 0.717) is 30.6 Å². The fourth-order valence-corrected chi connectivity index (χ4v) is 4.11. The number of guanidine groups is 1. The molecule has 3 rings (SSSR count). The predicted molar refractivity (Wildman–Crippen MR) is 118 cm³/mol. The Morgan fingerprint density at radius 3 is 2.83 bits per heavy atom. The summed E-state index contributed by atoms with van der Waals surface area (Å²) in [4.78, 5) is 16.6. The summed E-state index contributed by atoms with van der Waals surface area (Å²) >= 11 is 6.23. The standard InChI is InChI=1S/C21H30ClFN6O/c1-21(2,16-9-8-15(23)13-17(16)22)14-26-19(24-3)25-10-6-12-29-20(30)28-11-5-4-7-18(28)27-29/h8-9,13H,4-7,10-12,14H2,1-3H3,(H2,24,25,26). The highest BCUT2D eigenvalue weighted by molar-refractivity contribution is 6.31. The zero-order chi connectivity index (χ0) is 21.7. The zero-order valence-electron chi connectivity index (χ0n) is 17.8. The van der Waals surface area contributed by atoms with E-state index in [1.54, 1.807) is 22.4 Å². The number of benzene rings is 1. The van der Waals surface area contributed by atoms with E-state index in [2.05, 4.69) is 20.7 Å². The van der Waals surface area contributed by atoms with E-state index in [1.165, 1.54) is 12.1 Å². The van der Waals surface area contributed by atoms with Gasteiger partial charge in [-0.05, 0) is 37.0 Å². The first-order valence-corrected chi connectivity index (χ1v) is 10.8. The Morgan fingerprint density at radius 1 is 1.33 bits per heavy atom. The highest BCUT2D eigenvalue weighted by Crippen LogP contribution is 2.29. The van der Waals surface area contributed by atoms with Gasteiger partial charge in [-0.2, -0.15) is 5.10 Å². The summed E-state index contributed by atoms with van der Waals surface area (Å²) in [6.07, 6.45) is 3.77. The molecule has 30 heavy (non-hydrogen) atoms. The van der Waals surface area contributed by atoms with Crippen LogP contribution in [0.15, 0.2) is 28.0 Å². The first-order chi connectivity index (χ1) is 14.3. The lowest BCUT2D eigenvalue weighted by Crippen LogP contribution is -2.44.